The zero-order valence-corrected chi connectivity index (χ0v) is 23.7. The maximum atomic E-state index is 14.7. The van der Waals surface area contributed by atoms with Gasteiger partial charge in [0, 0.05) is 31.4 Å². The SMILES string of the molecule is C/C=C(/c1ccc(CN)nc1)C(F)C=Cc1ccc(C2NC(=O)NC2=O)o1.CCN1CCc2ccc(OC)cc2C1=O. The molecule has 3 aromatic rings. The number of hydrogen-bond donors (Lipinski definition) is 3. The predicted molar refractivity (Wildman–Crippen MR) is 156 cm³/mol. The van der Waals surface area contributed by atoms with Crippen molar-refractivity contribution in [2.75, 3.05) is 20.2 Å². The predicted octanol–water partition coefficient (Wildman–Crippen LogP) is 4.18. The first-order chi connectivity index (χ1) is 20.3. The van der Waals surface area contributed by atoms with Gasteiger partial charge in [-0.25, -0.2) is 9.18 Å². The Hall–Kier alpha value is -4.77. The Labute approximate surface area is 243 Å². The van der Waals surface area contributed by atoms with Crippen LogP contribution in [-0.2, 0) is 17.8 Å². The molecule has 2 aliphatic rings. The van der Waals surface area contributed by atoms with Crippen LogP contribution in [0.5, 0.6) is 5.75 Å². The van der Waals surface area contributed by atoms with Crippen LogP contribution in [-0.4, -0.2) is 54.1 Å². The van der Waals surface area contributed by atoms with Crippen LogP contribution in [0.15, 0.2) is 65.2 Å². The van der Waals surface area contributed by atoms with Crippen molar-refractivity contribution in [3.63, 3.8) is 0 Å². The number of allylic oxidation sites excluding steroid dienone is 3. The summed E-state index contributed by atoms with van der Waals surface area (Å²) in [6.07, 6.45) is 5.67. The third kappa shape index (κ3) is 6.92. The summed E-state index contributed by atoms with van der Waals surface area (Å²) in [4.78, 5) is 40.8. The highest BCUT2D eigenvalue weighted by Gasteiger charge is 2.33. The number of nitrogens with two attached hydrogens (primary N) is 1. The standard InChI is InChI=1S/C19H19FN4O3.C12H15NO2/c1-2-14(11-3-4-12(9-21)22-10-11)15(20)7-5-13-6-8-16(27-13)17-18(25)24-19(26)23-17;1-3-13-7-6-9-4-5-10(15-2)8-11(9)12(13)14/h2-8,10,15,17H,9,21H2,1H3,(H2,23,24,25,26);4-5,8H,3,6-7H2,1-2H3/b7-5?,14-2-;. The number of urea groups is 1. The van der Waals surface area contributed by atoms with Crippen LogP contribution < -0.4 is 21.1 Å². The van der Waals surface area contributed by atoms with Crippen LogP contribution in [0, 0.1) is 0 Å². The largest absolute Gasteiger partial charge is 0.497 e. The number of benzene rings is 1. The van der Waals surface area contributed by atoms with Crippen LogP contribution in [0.2, 0.25) is 0 Å². The van der Waals surface area contributed by atoms with E-state index in [-0.39, 0.29) is 11.7 Å². The highest BCUT2D eigenvalue weighted by atomic mass is 19.1. The number of furan rings is 1. The number of halogens is 1. The Balaban J connectivity index is 0.000000227. The van der Waals surface area contributed by atoms with Gasteiger partial charge < -0.3 is 25.1 Å². The summed E-state index contributed by atoms with van der Waals surface area (Å²) in [6.45, 7) is 5.68. The van der Waals surface area contributed by atoms with Gasteiger partial charge in [-0.05, 0) is 79.5 Å². The maximum Gasteiger partial charge on any atom is 0.322 e. The molecule has 2 aromatic heterocycles. The Kier molecular flexibility index (Phi) is 9.87. The van der Waals surface area contributed by atoms with Crippen molar-refractivity contribution in [2.24, 2.45) is 5.73 Å². The number of imide groups is 1. The molecular formula is C31H34FN5O5. The van der Waals surface area contributed by atoms with E-state index < -0.39 is 24.2 Å². The average Bonchev–Trinajstić information content (AvgIpc) is 3.62. The van der Waals surface area contributed by atoms with Gasteiger partial charge in [0.25, 0.3) is 11.8 Å². The van der Waals surface area contributed by atoms with E-state index in [1.807, 2.05) is 30.0 Å². The molecule has 0 spiro atoms. The Morgan fingerprint density at radius 1 is 1.24 bits per heavy atom. The van der Waals surface area contributed by atoms with Gasteiger partial charge in [0.05, 0.1) is 12.8 Å². The number of fused-ring (bicyclic) bond motifs is 1. The van der Waals surface area contributed by atoms with E-state index in [1.165, 1.54) is 12.2 Å². The molecule has 42 heavy (non-hydrogen) atoms. The summed E-state index contributed by atoms with van der Waals surface area (Å²) >= 11 is 0. The summed E-state index contributed by atoms with van der Waals surface area (Å²) in [5.41, 5.74) is 9.31. The second-order valence-corrected chi connectivity index (χ2v) is 9.54. The summed E-state index contributed by atoms with van der Waals surface area (Å²) < 4.78 is 25.3. The van der Waals surface area contributed by atoms with E-state index in [1.54, 1.807) is 50.6 Å². The molecule has 4 amide bonds. The molecule has 4 N–H and O–H groups in total. The van der Waals surface area contributed by atoms with Crippen molar-refractivity contribution < 1.29 is 27.9 Å². The lowest BCUT2D eigenvalue weighted by molar-refractivity contribution is -0.120. The number of nitrogens with zero attached hydrogens (tertiary/aromatic N) is 2. The molecule has 0 saturated carbocycles. The van der Waals surface area contributed by atoms with E-state index >= 15 is 0 Å². The molecular weight excluding hydrogens is 541 g/mol. The summed E-state index contributed by atoms with van der Waals surface area (Å²) in [5, 5.41) is 4.57. The molecule has 1 aromatic carbocycles. The van der Waals surface area contributed by atoms with Crippen molar-refractivity contribution in [3.8, 4) is 5.75 Å². The number of ether oxygens (including phenoxy) is 1. The van der Waals surface area contributed by atoms with Gasteiger partial charge in [-0.2, -0.15) is 0 Å². The molecule has 0 radical (unpaired) electrons. The first kappa shape index (κ1) is 30.2. The third-order valence-corrected chi connectivity index (χ3v) is 6.98. The van der Waals surface area contributed by atoms with Crippen LogP contribution in [0.4, 0.5) is 9.18 Å². The second-order valence-electron chi connectivity index (χ2n) is 9.54. The van der Waals surface area contributed by atoms with Gasteiger partial charge in [-0.15, -0.1) is 0 Å². The van der Waals surface area contributed by atoms with E-state index in [9.17, 15) is 18.8 Å². The smallest absolute Gasteiger partial charge is 0.322 e. The lowest BCUT2D eigenvalue weighted by Gasteiger charge is -2.27. The van der Waals surface area contributed by atoms with Crippen molar-refractivity contribution >= 4 is 29.5 Å². The first-order valence-electron chi connectivity index (χ1n) is 13.6. The molecule has 4 heterocycles. The second kappa shape index (κ2) is 13.7. The Morgan fingerprint density at radius 2 is 2.05 bits per heavy atom. The lowest BCUT2D eigenvalue weighted by Crippen LogP contribution is -2.37. The van der Waals surface area contributed by atoms with Gasteiger partial charge in [-0.3, -0.25) is 19.9 Å². The van der Waals surface area contributed by atoms with E-state index in [2.05, 4.69) is 15.6 Å². The molecule has 5 rings (SSSR count). The van der Waals surface area contributed by atoms with Crippen molar-refractivity contribution in [1.82, 2.24) is 20.5 Å². The number of hydrogen-bond acceptors (Lipinski definition) is 7. The average molecular weight is 576 g/mol. The van der Waals surface area contributed by atoms with Gasteiger partial charge in [0.15, 0.2) is 6.04 Å². The van der Waals surface area contributed by atoms with Crippen LogP contribution in [0.25, 0.3) is 11.6 Å². The van der Waals surface area contributed by atoms with Crippen LogP contribution in [0.3, 0.4) is 0 Å². The minimum atomic E-state index is -1.37. The van der Waals surface area contributed by atoms with E-state index in [0.717, 1.165) is 42.1 Å². The number of amides is 4. The van der Waals surface area contributed by atoms with Crippen LogP contribution >= 0.6 is 0 Å². The summed E-state index contributed by atoms with van der Waals surface area (Å²) in [5.74, 6) is 1.03. The molecule has 0 bridgehead atoms. The van der Waals surface area contributed by atoms with Gasteiger partial charge in [0.1, 0.15) is 23.4 Å². The lowest BCUT2D eigenvalue weighted by atomic mass is 9.99. The molecule has 2 aliphatic heterocycles. The summed E-state index contributed by atoms with van der Waals surface area (Å²) in [7, 11) is 1.62. The first-order valence-corrected chi connectivity index (χ1v) is 13.6. The van der Waals surface area contributed by atoms with Crippen molar-refractivity contribution in [3.05, 3.63) is 94.7 Å². The molecule has 0 aliphatic carbocycles. The number of likely N-dealkylation sites (N-methyl/N-ethyl adjacent to an activating group) is 1. The highest BCUT2D eigenvalue weighted by Crippen LogP contribution is 2.25. The molecule has 11 heteroatoms. The number of carbonyl (C=O) groups is 3. The number of nitrogens with one attached hydrogen (secondary N) is 2. The zero-order valence-electron chi connectivity index (χ0n) is 23.7. The minimum absolute atomic E-state index is 0.123. The number of carbonyl (C=O) groups excluding carboxylic acids is 3. The number of pyridine rings is 1. The number of aromatic nitrogens is 1. The molecule has 10 nitrogen and oxygen atoms in total. The maximum absolute atomic E-state index is 14.7. The van der Waals surface area contributed by atoms with E-state index in [4.69, 9.17) is 14.9 Å². The monoisotopic (exact) mass is 575 g/mol. The number of methoxy groups -OCH3 is 1. The quantitative estimate of drug-likeness (QED) is 0.342. The fraction of sp³-hybridized carbons (Fsp3) is 0.290. The molecule has 220 valence electrons. The van der Waals surface area contributed by atoms with E-state index in [0.29, 0.717) is 23.4 Å². The fourth-order valence-electron chi connectivity index (χ4n) is 4.64. The van der Waals surface area contributed by atoms with Gasteiger partial charge >= 0.3 is 6.03 Å². The highest BCUT2D eigenvalue weighted by molar-refractivity contribution is 6.04. The van der Waals surface area contributed by atoms with Crippen molar-refractivity contribution in [1.29, 1.82) is 0 Å². The minimum Gasteiger partial charge on any atom is -0.497 e. The molecule has 1 fully saturated rings. The summed E-state index contributed by atoms with van der Waals surface area (Å²) in [6, 6.07) is 11.0. The fourth-order valence-corrected chi connectivity index (χ4v) is 4.64. The Bertz CT molecular complexity index is 1500. The Morgan fingerprint density at radius 3 is 2.67 bits per heavy atom. The zero-order chi connectivity index (χ0) is 30.2. The topological polar surface area (TPSA) is 140 Å². The molecule has 1 saturated heterocycles. The normalized spacial score (nSPS) is 17.4. The van der Waals surface area contributed by atoms with Gasteiger partial charge in [-0.1, -0.05) is 18.2 Å². The van der Waals surface area contributed by atoms with Crippen molar-refractivity contribution in [2.45, 2.75) is 39.0 Å². The molecule has 2 unspecified atom stereocenters. The number of alkyl halides is 1. The molecule has 2 atom stereocenters. The van der Waals surface area contributed by atoms with Gasteiger partial charge in [0.2, 0.25) is 0 Å². The number of rotatable bonds is 8. The third-order valence-electron chi connectivity index (χ3n) is 6.98. The van der Waals surface area contributed by atoms with Crippen LogP contribution in [0.1, 0.15) is 58.6 Å².